The summed E-state index contributed by atoms with van der Waals surface area (Å²) in [6.07, 6.45) is 28.1. The fraction of sp³-hybridized carbons (Fsp3) is 0.704. The number of unbranched alkanes of at least 4 members (excludes halogenated alkanes) is 16. The Labute approximate surface area is 434 Å². The zero-order valence-corrected chi connectivity index (χ0v) is 45.5. The molecule has 4 atom stereocenters. The van der Waals surface area contributed by atoms with Gasteiger partial charge in [0, 0.05) is 25.8 Å². The Kier molecular flexibility index (Phi) is 42.8. The van der Waals surface area contributed by atoms with Gasteiger partial charge in [0.1, 0.15) is 12.2 Å². The number of esters is 2. The van der Waals surface area contributed by atoms with E-state index in [4.69, 9.17) is 18.9 Å². The molecule has 0 bridgehead atoms. The van der Waals surface area contributed by atoms with Crippen LogP contribution in [0.15, 0.2) is 60.7 Å². The molecule has 65 heavy (non-hydrogen) atoms. The summed E-state index contributed by atoms with van der Waals surface area (Å²) in [5.41, 5.74) is 2.46. The number of hydrogen-bond acceptors (Lipinski definition) is 10. The van der Waals surface area contributed by atoms with Gasteiger partial charge in [-0.3, -0.25) is 9.59 Å². The number of carboxylic acids is 2. The molecule has 0 N–H and O–H groups in total. The molecule has 0 saturated heterocycles. The van der Waals surface area contributed by atoms with Gasteiger partial charge in [-0.2, -0.15) is 0 Å². The molecule has 0 aromatic heterocycles. The van der Waals surface area contributed by atoms with Crippen LogP contribution >= 0.6 is 0 Å². The van der Waals surface area contributed by atoms with Gasteiger partial charge in [-0.05, 0) is 115 Å². The number of carboxylic acid groups (broad SMARTS) is 2. The average Bonchev–Trinajstić information content (AvgIpc) is 3.26. The van der Waals surface area contributed by atoms with E-state index in [2.05, 4.69) is 38.1 Å². The molecule has 11 heteroatoms. The van der Waals surface area contributed by atoms with Crippen molar-refractivity contribution in [1.82, 2.24) is 0 Å². The second-order valence-corrected chi connectivity index (χ2v) is 17.7. The smallest absolute Gasteiger partial charge is 0.550 e. The fourth-order valence-electron chi connectivity index (χ4n) is 7.80. The largest absolute Gasteiger partial charge is 2.00 e. The maximum atomic E-state index is 11.3. The van der Waals surface area contributed by atoms with E-state index in [0.29, 0.717) is 38.3 Å². The molecule has 2 aromatic carbocycles. The van der Waals surface area contributed by atoms with Crippen molar-refractivity contribution in [3.8, 4) is 0 Å². The summed E-state index contributed by atoms with van der Waals surface area (Å²) in [5.74, 6) is -2.54. The SMILES string of the molecule is CC(=O)OC(CCCCCCCCCCC(C)OCc1ccccc1)CCCCC(=O)[O-].CC(=O)OC(CCCCCCCCCCC(C)OCc1ccccc1)CCCCC(=O)[O-].[Ba+2]. The summed E-state index contributed by atoms with van der Waals surface area (Å²) in [5, 5.41) is 21.0. The van der Waals surface area contributed by atoms with Crippen molar-refractivity contribution in [2.24, 2.45) is 0 Å². The maximum absolute atomic E-state index is 11.3. The zero-order chi connectivity index (χ0) is 46.9. The first-order valence-corrected chi connectivity index (χ1v) is 25.0. The first kappa shape index (κ1) is 62.8. The van der Waals surface area contributed by atoms with Crippen LogP contribution in [0.2, 0.25) is 0 Å². The molecule has 0 aliphatic rings. The molecule has 0 amide bonds. The first-order chi connectivity index (χ1) is 30.9. The third-order valence-electron chi connectivity index (χ3n) is 11.5. The van der Waals surface area contributed by atoms with Gasteiger partial charge >= 0.3 is 60.8 Å². The Hall–Kier alpha value is -2.19. The molecule has 2 aromatic rings. The predicted octanol–water partition coefficient (Wildman–Crippen LogP) is 11.1. The van der Waals surface area contributed by atoms with E-state index in [1.165, 1.54) is 102 Å². The van der Waals surface area contributed by atoms with Gasteiger partial charge in [-0.15, -0.1) is 0 Å². The third-order valence-corrected chi connectivity index (χ3v) is 11.5. The van der Waals surface area contributed by atoms with Crippen LogP contribution in [0.4, 0.5) is 0 Å². The number of benzene rings is 2. The second kappa shape index (κ2) is 44.3. The minimum absolute atomic E-state index is 0. The Morgan fingerprint density at radius 1 is 0.415 bits per heavy atom. The molecule has 0 aliphatic carbocycles. The minimum atomic E-state index is -1.01. The van der Waals surface area contributed by atoms with Gasteiger partial charge in [-0.25, -0.2) is 0 Å². The number of rotatable bonds is 40. The number of hydrogen-bond donors (Lipinski definition) is 0. The van der Waals surface area contributed by atoms with Crippen LogP contribution in [-0.4, -0.2) is 97.2 Å². The van der Waals surface area contributed by atoms with Crippen molar-refractivity contribution >= 4 is 72.8 Å². The average molecular weight is 1030 g/mol. The molecule has 0 aliphatic heterocycles. The fourth-order valence-corrected chi connectivity index (χ4v) is 7.80. The standard InChI is InChI=1S/2C27H44O5.Ba/c2*1-23(31-22-25-17-11-9-12-18-25)16-10-7-5-3-4-6-8-13-19-26(32-24(2)28)20-14-15-21-27(29)30;/h2*9,11-12,17-18,23,26H,3-8,10,13-16,19-22H2,1-2H3,(H,29,30);/q;;+2/p-2. The van der Waals surface area contributed by atoms with Crippen LogP contribution in [0, 0.1) is 0 Å². The topological polar surface area (TPSA) is 151 Å². The van der Waals surface area contributed by atoms with Gasteiger partial charge in [-0.1, -0.05) is 151 Å². The molecule has 0 radical (unpaired) electrons. The van der Waals surface area contributed by atoms with Crippen LogP contribution in [0.1, 0.15) is 219 Å². The van der Waals surface area contributed by atoms with Crippen molar-refractivity contribution in [3.05, 3.63) is 71.8 Å². The summed E-state index contributed by atoms with van der Waals surface area (Å²) < 4.78 is 22.6. The predicted molar refractivity (Wildman–Crippen MR) is 258 cm³/mol. The number of carbonyl (C=O) groups excluding carboxylic acids is 4. The summed E-state index contributed by atoms with van der Waals surface area (Å²) in [4.78, 5) is 43.5. The summed E-state index contributed by atoms with van der Waals surface area (Å²) in [6.45, 7) is 8.58. The number of carbonyl (C=O) groups is 4. The Morgan fingerprint density at radius 3 is 0.954 bits per heavy atom. The summed E-state index contributed by atoms with van der Waals surface area (Å²) in [6, 6.07) is 20.6. The van der Waals surface area contributed by atoms with E-state index >= 15 is 0 Å². The molecule has 4 unspecified atom stereocenters. The summed E-state index contributed by atoms with van der Waals surface area (Å²) >= 11 is 0. The van der Waals surface area contributed by atoms with Crippen LogP contribution in [-0.2, 0) is 51.3 Å². The molecule has 0 saturated carbocycles. The molecular formula is C54H86BaO10. The van der Waals surface area contributed by atoms with Gasteiger partial charge in [0.2, 0.25) is 0 Å². The molecule has 10 nitrogen and oxygen atoms in total. The molecule has 0 spiro atoms. The number of aliphatic carboxylic acids is 2. The first-order valence-electron chi connectivity index (χ1n) is 25.0. The van der Waals surface area contributed by atoms with E-state index in [9.17, 15) is 29.4 Å². The molecular weight excluding hydrogens is 946 g/mol. The second-order valence-electron chi connectivity index (χ2n) is 17.7. The third kappa shape index (κ3) is 42.9. The Balaban J connectivity index is 0.00000124. The number of ether oxygens (including phenoxy) is 4. The normalized spacial score (nSPS) is 12.7. The monoisotopic (exact) mass is 1030 g/mol. The summed E-state index contributed by atoms with van der Waals surface area (Å²) in [7, 11) is 0. The quantitative estimate of drug-likeness (QED) is 0.0358. The van der Waals surface area contributed by atoms with Crippen LogP contribution in [0.3, 0.4) is 0 Å². The minimum Gasteiger partial charge on any atom is -0.550 e. The Morgan fingerprint density at radius 2 is 0.677 bits per heavy atom. The van der Waals surface area contributed by atoms with Gasteiger partial charge in [0.05, 0.1) is 25.4 Å². The van der Waals surface area contributed by atoms with Gasteiger partial charge in [0.15, 0.2) is 0 Å². The van der Waals surface area contributed by atoms with Crippen molar-refractivity contribution in [3.63, 3.8) is 0 Å². The van der Waals surface area contributed by atoms with Gasteiger partial charge in [0.25, 0.3) is 0 Å². The van der Waals surface area contributed by atoms with Crippen molar-refractivity contribution in [1.29, 1.82) is 0 Å². The van der Waals surface area contributed by atoms with E-state index < -0.39 is 11.9 Å². The molecule has 0 heterocycles. The van der Waals surface area contributed by atoms with Crippen LogP contribution in [0.5, 0.6) is 0 Å². The Bertz CT molecular complexity index is 1320. The van der Waals surface area contributed by atoms with Gasteiger partial charge < -0.3 is 38.7 Å². The zero-order valence-electron chi connectivity index (χ0n) is 41.1. The van der Waals surface area contributed by atoms with Crippen LogP contribution < -0.4 is 10.2 Å². The van der Waals surface area contributed by atoms with Crippen LogP contribution in [0.25, 0.3) is 0 Å². The van der Waals surface area contributed by atoms with Crippen molar-refractivity contribution in [2.75, 3.05) is 0 Å². The van der Waals surface area contributed by atoms with E-state index in [0.717, 1.165) is 77.0 Å². The van der Waals surface area contributed by atoms with E-state index in [1.54, 1.807) is 0 Å². The van der Waals surface area contributed by atoms with Crippen molar-refractivity contribution in [2.45, 2.75) is 245 Å². The maximum Gasteiger partial charge on any atom is 2.00 e. The van der Waals surface area contributed by atoms with E-state index in [-0.39, 0.29) is 85.9 Å². The van der Waals surface area contributed by atoms with Crippen molar-refractivity contribution < 1.29 is 48.3 Å². The molecule has 2 rings (SSSR count). The molecule has 364 valence electrons. The van der Waals surface area contributed by atoms with E-state index in [1.807, 2.05) is 36.4 Å². The molecule has 0 fully saturated rings.